The van der Waals surface area contributed by atoms with Gasteiger partial charge < -0.3 is 14.6 Å². The monoisotopic (exact) mass is 272 g/mol. The Morgan fingerprint density at radius 3 is 2.95 bits per heavy atom. The molecule has 2 heterocycles. The Kier molecular flexibility index (Phi) is 3.97. The summed E-state index contributed by atoms with van der Waals surface area (Å²) in [6.45, 7) is 2.79. The standard InChI is InChI=1S/C15H20N4O/c1-19-11-17-18-15(19)13-3-2-4-14(9-13)16-10-12-5-7-20-8-6-12/h2-4,9,11-12,16H,5-8,10H2,1H3. The number of hydrogen-bond acceptors (Lipinski definition) is 4. The lowest BCUT2D eigenvalue weighted by molar-refractivity contribution is 0.0699. The molecule has 1 fully saturated rings. The van der Waals surface area contributed by atoms with E-state index in [4.69, 9.17) is 4.74 Å². The van der Waals surface area contributed by atoms with Crippen molar-refractivity contribution in [2.45, 2.75) is 12.8 Å². The normalized spacial score (nSPS) is 16.2. The van der Waals surface area contributed by atoms with Crippen LogP contribution >= 0.6 is 0 Å². The maximum Gasteiger partial charge on any atom is 0.163 e. The predicted octanol–water partition coefficient (Wildman–Crippen LogP) is 2.32. The first kappa shape index (κ1) is 13.1. The van der Waals surface area contributed by atoms with Crippen LogP contribution in [-0.2, 0) is 11.8 Å². The third-order valence-electron chi connectivity index (χ3n) is 3.77. The molecule has 0 amide bonds. The van der Waals surface area contributed by atoms with E-state index in [-0.39, 0.29) is 0 Å². The van der Waals surface area contributed by atoms with Crippen molar-refractivity contribution in [3.63, 3.8) is 0 Å². The third kappa shape index (κ3) is 2.99. The van der Waals surface area contributed by atoms with E-state index in [1.54, 1.807) is 6.33 Å². The molecular weight excluding hydrogens is 252 g/mol. The number of hydrogen-bond donors (Lipinski definition) is 1. The van der Waals surface area contributed by atoms with Gasteiger partial charge in [0.05, 0.1) is 0 Å². The van der Waals surface area contributed by atoms with E-state index < -0.39 is 0 Å². The molecule has 0 spiro atoms. The van der Waals surface area contributed by atoms with Crippen molar-refractivity contribution in [1.29, 1.82) is 0 Å². The van der Waals surface area contributed by atoms with E-state index in [0.29, 0.717) is 5.92 Å². The molecule has 0 atom stereocenters. The van der Waals surface area contributed by atoms with Gasteiger partial charge in [0.25, 0.3) is 0 Å². The molecule has 1 aliphatic rings. The number of rotatable bonds is 4. The highest BCUT2D eigenvalue weighted by Gasteiger charge is 2.13. The quantitative estimate of drug-likeness (QED) is 0.928. The van der Waals surface area contributed by atoms with Crippen LogP contribution in [0.25, 0.3) is 11.4 Å². The molecule has 20 heavy (non-hydrogen) atoms. The number of ether oxygens (including phenoxy) is 1. The average Bonchev–Trinajstić information content (AvgIpc) is 2.93. The molecule has 5 heteroatoms. The minimum atomic E-state index is 0.710. The minimum Gasteiger partial charge on any atom is -0.385 e. The molecule has 0 bridgehead atoms. The second-order valence-electron chi connectivity index (χ2n) is 5.28. The maximum atomic E-state index is 5.39. The lowest BCUT2D eigenvalue weighted by Crippen LogP contribution is -2.22. The highest BCUT2D eigenvalue weighted by Crippen LogP contribution is 2.21. The van der Waals surface area contributed by atoms with Gasteiger partial charge in [0, 0.05) is 38.1 Å². The van der Waals surface area contributed by atoms with Crippen molar-refractivity contribution in [3.8, 4) is 11.4 Å². The third-order valence-corrected chi connectivity index (χ3v) is 3.77. The Hall–Kier alpha value is -1.88. The molecule has 0 unspecified atom stereocenters. The Bertz CT molecular complexity index is 561. The summed E-state index contributed by atoms with van der Waals surface area (Å²) in [5.41, 5.74) is 2.22. The zero-order chi connectivity index (χ0) is 13.8. The van der Waals surface area contributed by atoms with Crippen LogP contribution < -0.4 is 5.32 Å². The van der Waals surface area contributed by atoms with E-state index in [9.17, 15) is 0 Å². The van der Waals surface area contributed by atoms with Crippen LogP contribution in [0.1, 0.15) is 12.8 Å². The summed E-state index contributed by atoms with van der Waals surface area (Å²) < 4.78 is 7.32. The van der Waals surface area contributed by atoms with Gasteiger partial charge in [0.1, 0.15) is 6.33 Å². The smallest absolute Gasteiger partial charge is 0.163 e. The Balaban J connectivity index is 1.67. The summed E-state index contributed by atoms with van der Waals surface area (Å²) >= 11 is 0. The van der Waals surface area contributed by atoms with Crippen molar-refractivity contribution in [2.75, 3.05) is 25.1 Å². The molecule has 1 aliphatic heterocycles. The van der Waals surface area contributed by atoms with Crippen molar-refractivity contribution in [3.05, 3.63) is 30.6 Å². The molecule has 1 saturated heterocycles. The first-order valence-electron chi connectivity index (χ1n) is 7.09. The van der Waals surface area contributed by atoms with Gasteiger partial charge in [-0.25, -0.2) is 0 Å². The zero-order valence-electron chi connectivity index (χ0n) is 11.7. The van der Waals surface area contributed by atoms with Crippen LogP contribution in [0.15, 0.2) is 30.6 Å². The molecule has 2 aromatic rings. The minimum absolute atomic E-state index is 0.710. The second-order valence-corrected chi connectivity index (χ2v) is 5.28. The highest BCUT2D eigenvalue weighted by atomic mass is 16.5. The van der Waals surface area contributed by atoms with Crippen LogP contribution in [0.2, 0.25) is 0 Å². The van der Waals surface area contributed by atoms with Crippen molar-refractivity contribution < 1.29 is 4.74 Å². The fourth-order valence-electron chi connectivity index (χ4n) is 2.53. The number of anilines is 1. The van der Waals surface area contributed by atoms with E-state index in [2.05, 4.69) is 39.8 Å². The molecule has 1 aromatic carbocycles. The van der Waals surface area contributed by atoms with E-state index >= 15 is 0 Å². The molecule has 0 saturated carbocycles. The van der Waals surface area contributed by atoms with Crippen LogP contribution in [0.3, 0.4) is 0 Å². The fourth-order valence-corrected chi connectivity index (χ4v) is 2.53. The molecule has 1 aromatic heterocycles. The summed E-state index contributed by atoms with van der Waals surface area (Å²) in [5, 5.41) is 11.6. The van der Waals surface area contributed by atoms with E-state index in [0.717, 1.165) is 49.7 Å². The molecule has 106 valence electrons. The highest BCUT2D eigenvalue weighted by molar-refractivity contribution is 5.62. The van der Waals surface area contributed by atoms with Gasteiger partial charge in [0.2, 0.25) is 0 Å². The number of aromatic nitrogens is 3. The van der Waals surface area contributed by atoms with Gasteiger partial charge in [-0.1, -0.05) is 12.1 Å². The first-order valence-corrected chi connectivity index (χ1v) is 7.09. The number of benzene rings is 1. The average molecular weight is 272 g/mol. The maximum absolute atomic E-state index is 5.39. The van der Waals surface area contributed by atoms with Crippen molar-refractivity contribution >= 4 is 5.69 Å². The molecule has 1 N–H and O–H groups in total. The predicted molar refractivity (Wildman–Crippen MR) is 78.5 cm³/mol. The molecule has 5 nitrogen and oxygen atoms in total. The largest absolute Gasteiger partial charge is 0.385 e. The Morgan fingerprint density at radius 2 is 2.20 bits per heavy atom. The van der Waals surface area contributed by atoms with Crippen LogP contribution in [0.4, 0.5) is 5.69 Å². The van der Waals surface area contributed by atoms with Gasteiger partial charge in [-0.15, -0.1) is 10.2 Å². The van der Waals surface area contributed by atoms with Gasteiger partial charge in [-0.2, -0.15) is 0 Å². The summed E-state index contributed by atoms with van der Waals surface area (Å²) in [6.07, 6.45) is 4.02. The van der Waals surface area contributed by atoms with Gasteiger partial charge in [-0.05, 0) is 30.9 Å². The van der Waals surface area contributed by atoms with Crippen molar-refractivity contribution in [1.82, 2.24) is 14.8 Å². The summed E-state index contributed by atoms with van der Waals surface area (Å²) in [4.78, 5) is 0. The first-order chi connectivity index (χ1) is 9.83. The van der Waals surface area contributed by atoms with Gasteiger partial charge >= 0.3 is 0 Å². The number of nitrogens with zero attached hydrogens (tertiary/aromatic N) is 3. The van der Waals surface area contributed by atoms with E-state index in [1.165, 1.54) is 0 Å². The molecule has 3 rings (SSSR count). The zero-order valence-corrected chi connectivity index (χ0v) is 11.7. The van der Waals surface area contributed by atoms with Crippen LogP contribution in [0, 0.1) is 5.92 Å². The number of aryl methyl sites for hydroxylation is 1. The van der Waals surface area contributed by atoms with Crippen molar-refractivity contribution in [2.24, 2.45) is 13.0 Å². The second kappa shape index (κ2) is 6.05. The lowest BCUT2D eigenvalue weighted by Gasteiger charge is -2.22. The van der Waals surface area contributed by atoms with Gasteiger partial charge in [0.15, 0.2) is 5.82 Å². The summed E-state index contributed by atoms with van der Waals surface area (Å²) in [6, 6.07) is 8.34. The topological polar surface area (TPSA) is 52.0 Å². The lowest BCUT2D eigenvalue weighted by atomic mass is 10.0. The fraction of sp³-hybridized carbons (Fsp3) is 0.467. The van der Waals surface area contributed by atoms with Gasteiger partial charge in [-0.3, -0.25) is 0 Å². The summed E-state index contributed by atoms with van der Waals surface area (Å²) in [5.74, 6) is 1.60. The molecule has 0 radical (unpaired) electrons. The Morgan fingerprint density at radius 1 is 1.35 bits per heavy atom. The van der Waals surface area contributed by atoms with Crippen LogP contribution in [-0.4, -0.2) is 34.5 Å². The Labute approximate surface area is 119 Å². The number of nitrogens with one attached hydrogen (secondary N) is 1. The van der Waals surface area contributed by atoms with Crippen LogP contribution in [0.5, 0.6) is 0 Å². The SMILES string of the molecule is Cn1cnnc1-c1cccc(NCC2CCOCC2)c1. The summed E-state index contributed by atoms with van der Waals surface area (Å²) in [7, 11) is 1.96. The molecular formula is C15H20N4O. The van der Waals surface area contributed by atoms with E-state index in [1.807, 2.05) is 11.6 Å². The molecule has 0 aliphatic carbocycles.